The molecule has 1 aromatic carbocycles. The summed E-state index contributed by atoms with van der Waals surface area (Å²) in [4.78, 5) is 0. The first-order valence-electron chi connectivity index (χ1n) is 5.46. The van der Waals surface area contributed by atoms with Gasteiger partial charge >= 0.3 is 0 Å². The maximum absolute atomic E-state index is 5.96. The molecule has 1 heterocycles. The van der Waals surface area contributed by atoms with Crippen molar-refractivity contribution < 1.29 is 0 Å². The minimum atomic E-state index is 0.0942. The molecule has 2 aromatic rings. The van der Waals surface area contributed by atoms with Crippen molar-refractivity contribution in [3.8, 4) is 0 Å². The Balaban J connectivity index is 2.69. The van der Waals surface area contributed by atoms with E-state index in [4.69, 9.17) is 5.73 Å². The first-order valence-corrected chi connectivity index (χ1v) is 5.46. The van der Waals surface area contributed by atoms with Crippen LogP contribution in [0.3, 0.4) is 0 Å². The molecule has 0 amide bonds. The molecule has 2 nitrogen and oxygen atoms in total. The lowest BCUT2D eigenvalue weighted by Crippen LogP contribution is -2.05. The van der Waals surface area contributed by atoms with Crippen LogP contribution in [0.15, 0.2) is 30.5 Å². The highest BCUT2D eigenvalue weighted by Crippen LogP contribution is 2.26. The number of rotatable bonds is 2. The van der Waals surface area contributed by atoms with Crippen molar-refractivity contribution in [2.75, 3.05) is 0 Å². The molecule has 1 aromatic heterocycles. The van der Waals surface area contributed by atoms with Crippen LogP contribution in [0.4, 0.5) is 0 Å². The summed E-state index contributed by atoms with van der Waals surface area (Å²) in [6, 6.07) is 9.09. The molecule has 2 N–H and O–H groups in total. The summed E-state index contributed by atoms with van der Waals surface area (Å²) in [5.74, 6) is 0. The number of nitrogens with two attached hydrogens (primary N) is 1. The minimum Gasteiger partial charge on any atom is -0.345 e. The molecule has 0 saturated carbocycles. The van der Waals surface area contributed by atoms with Crippen LogP contribution >= 0.6 is 0 Å². The third kappa shape index (κ3) is 1.65. The molecule has 0 fully saturated rings. The summed E-state index contributed by atoms with van der Waals surface area (Å²) >= 11 is 0. The molecule has 15 heavy (non-hydrogen) atoms. The van der Waals surface area contributed by atoms with Gasteiger partial charge in [-0.25, -0.2) is 0 Å². The predicted molar refractivity (Wildman–Crippen MR) is 64.9 cm³/mol. The van der Waals surface area contributed by atoms with Gasteiger partial charge in [0.05, 0.1) is 0 Å². The zero-order chi connectivity index (χ0) is 11.0. The summed E-state index contributed by atoms with van der Waals surface area (Å²) < 4.78 is 2.28. The molecule has 1 atom stereocenters. The first kappa shape index (κ1) is 10.2. The van der Waals surface area contributed by atoms with Gasteiger partial charge in [0.1, 0.15) is 0 Å². The van der Waals surface area contributed by atoms with Gasteiger partial charge in [0.15, 0.2) is 0 Å². The molecule has 0 aliphatic heterocycles. The molecule has 0 aliphatic rings. The smallest absolute Gasteiger partial charge is 0.0486 e. The SMILES string of the molecule is CC(N)c1cccc2c1ccn2C(C)C. The topological polar surface area (TPSA) is 30.9 Å². The number of benzene rings is 1. The van der Waals surface area contributed by atoms with Crippen molar-refractivity contribution in [3.05, 3.63) is 36.0 Å². The Bertz CT molecular complexity index is 466. The van der Waals surface area contributed by atoms with Crippen molar-refractivity contribution in [2.45, 2.75) is 32.9 Å². The quantitative estimate of drug-likeness (QED) is 0.796. The van der Waals surface area contributed by atoms with Gasteiger partial charge in [0.2, 0.25) is 0 Å². The van der Waals surface area contributed by atoms with E-state index < -0.39 is 0 Å². The molecular weight excluding hydrogens is 184 g/mol. The van der Waals surface area contributed by atoms with Crippen LogP contribution in [0.5, 0.6) is 0 Å². The summed E-state index contributed by atoms with van der Waals surface area (Å²) in [7, 11) is 0. The number of aromatic nitrogens is 1. The molecule has 0 saturated heterocycles. The average molecular weight is 202 g/mol. The Morgan fingerprint density at radius 3 is 2.47 bits per heavy atom. The fourth-order valence-electron chi connectivity index (χ4n) is 2.06. The molecule has 2 rings (SSSR count). The standard InChI is InChI=1S/C13H18N2/c1-9(2)15-8-7-12-11(10(3)14)5-4-6-13(12)15/h4-10H,14H2,1-3H3. The zero-order valence-electron chi connectivity index (χ0n) is 9.57. The largest absolute Gasteiger partial charge is 0.345 e. The summed E-state index contributed by atoms with van der Waals surface area (Å²) in [6.07, 6.45) is 2.14. The van der Waals surface area contributed by atoms with E-state index in [1.165, 1.54) is 16.5 Å². The van der Waals surface area contributed by atoms with Crippen LogP contribution in [0.2, 0.25) is 0 Å². The number of fused-ring (bicyclic) bond motifs is 1. The van der Waals surface area contributed by atoms with Gasteiger partial charge in [-0.15, -0.1) is 0 Å². The highest BCUT2D eigenvalue weighted by molar-refractivity contribution is 5.84. The van der Waals surface area contributed by atoms with Gasteiger partial charge in [-0.05, 0) is 38.5 Å². The van der Waals surface area contributed by atoms with E-state index in [2.05, 4.69) is 48.9 Å². The molecule has 2 heteroatoms. The Labute approximate surface area is 90.7 Å². The van der Waals surface area contributed by atoms with E-state index in [0.29, 0.717) is 6.04 Å². The highest BCUT2D eigenvalue weighted by atomic mass is 15.0. The molecule has 0 aliphatic carbocycles. The third-order valence-electron chi connectivity index (χ3n) is 2.84. The van der Waals surface area contributed by atoms with Gasteiger partial charge in [-0.2, -0.15) is 0 Å². The maximum Gasteiger partial charge on any atom is 0.0486 e. The normalized spacial score (nSPS) is 13.7. The van der Waals surface area contributed by atoms with Crippen molar-refractivity contribution in [3.63, 3.8) is 0 Å². The van der Waals surface area contributed by atoms with Crippen molar-refractivity contribution in [1.29, 1.82) is 0 Å². The van der Waals surface area contributed by atoms with Crippen molar-refractivity contribution in [1.82, 2.24) is 4.57 Å². The fourth-order valence-corrected chi connectivity index (χ4v) is 2.06. The van der Waals surface area contributed by atoms with Gasteiger partial charge in [0.25, 0.3) is 0 Å². The van der Waals surface area contributed by atoms with Gasteiger partial charge in [-0.3, -0.25) is 0 Å². The Hall–Kier alpha value is -1.28. The number of hydrogen-bond acceptors (Lipinski definition) is 1. The summed E-state index contributed by atoms with van der Waals surface area (Å²) in [5, 5.41) is 1.28. The second-order valence-electron chi connectivity index (χ2n) is 4.39. The van der Waals surface area contributed by atoms with Crippen LogP contribution in [-0.4, -0.2) is 4.57 Å². The van der Waals surface area contributed by atoms with Gasteiger partial charge in [0, 0.05) is 29.2 Å². The Morgan fingerprint density at radius 1 is 1.13 bits per heavy atom. The zero-order valence-corrected chi connectivity index (χ0v) is 9.57. The van der Waals surface area contributed by atoms with Crippen LogP contribution in [0, 0.1) is 0 Å². The van der Waals surface area contributed by atoms with E-state index >= 15 is 0 Å². The van der Waals surface area contributed by atoms with Crippen molar-refractivity contribution in [2.24, 2.45) is 5.73 Å². The average Bonchev–Trinajstić information content (AvgIpc) is 2.59. The predicted octanol–water partition coefficient (Wildman–Crippen LogP) is 3.24. The highest BCUT2D eigenvalue weighted by Gasteiger charge is 2.09. The van der Waals surface area contributed by atoms with E-state index in [0.717, 1.165) is 0 Å². The van der Waals surface area contributed by atoms with E-state index in [1.807, 2.05) is 6.92 Å². The fraction of sp³-hybridized carbons (Fsp3) is 0.385. The monoisotopic (exact) mass is 202 g/mol. The lowest BCUT2D eigenvalue weighted by Gasteiger charge is -2.11. The van der Waals surface area contributed by atoms with Gasteiger partial charge in [-0.1, -0.05) is 12.1 Å². The number of hydrogen-bond donors (Lipinski definition) is 1. The van der Waals surface area contributed by atoms with Crippen LogP contribution < -0.4 is 5.73 Å². The minimum absolute atomic E-state index is 0.0942. The summed E-state index contributed by atoms with van der Waals surface area (Å²) in [5.41, 5.74) is 8.46. The third-order valence-corrected chi connectivity index (χ3v) is 2.84. The second-order valence-corrected chi connectivity index (χ2v) is 4.39. The summed E-state index contributed by atoms with van der Waals surface area (Å²) in [6.45, 7) is 6.41. The Kier molecular flexibility index (Phi) is 2.53. The second kappa shape index (κ2) is 3.70. The molecular formula is C13H18N2. The van der Waals surface area contributed by atoms with Crippen molar-refractivity contribution >= 4 is 10.9 Å². The molecule has 80 valence electrons. The Morgan fingerprint density at radius 2 is 1.87 bits per heavy atom. The molecule has 0 spiro atoms. The lowest BCUT2D eigenvalue weighted by molar-refractivity contribution is 0.623. The lowest BCUT2D eigenvalue weighted by atomic mass is 10.0. The van der Waals surface area contributed by atoms with Gasteiger partial charge < -0.3 is 10.3 Å². The van der Waals surface area contributed by atoms with Crippen LogP contribution in [0.25, 0.3) is 10.9 Å². The molecule has 0 radical (unpaired) electrons. The van der Waals surface area contributed by atoms with E-state index in [-0.39, 0.29) is 6.04 Å². The van der Waals surface area contributed by atoms with E-state index in [1.54, 1.807) is 0 Å². The molecule has 1 unspecified atom stereocenters. The van der Waals surface area contributed by atoms with Crippen LogP contribution in [0.1, 0.15) is 38.4 Å². The maximum atomic E-state index is 5.96. The number of nitrogens with zero attached hydrogens (tertiary/aromatic N) is 1. The molecule has 0 bridgehead atoms. The first-order chi connectivity index (χ1) is 7.11. The van der Waals surface area contributed by atoms with Crippen LogP contribution in [-0.2, 0) is 0 Å². The van der Waals surface area contributed by atoms with E-state index in [9.17, 15) is 0 Å².